The SMILES string of the molecule is COCCn1ccc(NC(=O)Nc2cccc(CCC(=O)O)c2)n1. The first kappa shape index (κ1) is 17.5. The van der Waals surface area contributed by atoms with E-state index in [0.717, 1.165) is 5.56 Å². The molecule has 0 saturated carbocycles. The maximum atomic E-state index is 12.0. The number of anilines is 2. The van der Waals surface area contributed by atoms with Gasteiger partial charge in [0.05, 0.1) is 13.2 Å². The molecular weight excluding hydrogens is 312 g/mol. The fourth-order valence-corrected chi connectivity index (χ4v) is 2.07. The normalized spacial score (nSPS) is 10.4. The van der Waals surface area contributed by atoms with E-state index >= 15 is 0 Å². The second-order valence-electron chi connectivity index (χ2n) is 5.13. The number of urea groups is 1. The molecule has 0 unspecified atom stereocenters. The van der Waals surface area contributed by atoms with Crippen LogP contribution in [0.15, 0.2) is 36.5 Å². The van der Waals surface area contributed by atoms with Gasteiger partial charge in [-0.15, -0.1) is 0 Å². The van der Waals surface area contributed by atoms with E-state index in [4.69, 9.17) is 9.84 Å². The van der Waals surface area contributed by atoms with Gasteiger partial charge in [-0.3, -0.25) is 14.8 Å². The molecule has 24 heavy (non-hydrogen) atoms. The van der Waals surface area contributed by atoms with Crippen molar-refractivity contribution in [1.29, 1.82) is 0 Å². The molecule has 0 aliphatic heterocycles. The summed E-state index contributed by atoms with van der Waals surface area (Å²) in [7, 11) is 1.61. The van der Waals surface area contributed by atoms with Crippen molar-refractivity contribution in [3.63, 3.8) is 0 Å². The van der Waals surface area contributed by atoms with Crippen LogP contribution in [-0.2, 0) is 22.5 Å². The molecule has 1 aromatic carbocycles. The van der Waals surface area contributed by atoms with E-state index < -0.39 is 12.0 Å². The Morgan fingerprint density at radius 2 is 2.12 bits per heavy atom. The van der Waals surface area contributed by atoms with Crippen LogP contribution in [0.1, 0.15) is 12.0 Å². The molecule has 0 bridgehead atoms. The summed E-state index contributed by atoms with van der Waals surface area (Å²) < 4.78 is 6.64. The molecular formula is C16H20N4O4. The highest BCUT2D eigenvalue weighted by Gasteiger charge is 2.06. The molecule has 0 aliphatic carbocycles. The molecule has 8 heteroatoms. The third-order valence-corrected chi connectivity index (χ3v) is 3.22. The van der Waals surface area contributed by atoms with Crippen LogP contribution in [0.4, 0.5) is 16.3 Å². The Balaban J connectivity index is 1.88. The van der Waals surface area contributed by atoms with Crippen LogP contribution < -0.4 is 10.6 Å². The summed E-state index contributed by atoms with van der Waals surface area (Å²) in [5, 5.41) is 18.2. The lowest BCUT2D eigenvalue weighted by atomic mass is 10.1. The number of hydrogen-bond donors (Lipinski definition) is 3. The highest BCUT2D eigenvalue weighted by molar-refractivity contribution is 5.99. The van der Waals surface area contributed by atoms with Crippen LogP contribution in [-0.4, -0.2) is 40.6 Å². The standard InChI is InChI=1S/C16H20N4O4/c1-24-10-9-20-8-7-14(19-20)18-16(23)17-13-4-2-3-12(11-13)5-6-15(21)22/h2-4,7-8,11H,5-6,9-10H2,1H3,(H,21,22)(H2,17,18,19,23). The number of nitrogens with zero attached hydrogens (tertiary/aromatic N) is 2. The van der Waals surface area contributed by atoms with Crippen LogP contribution in [0.2, 0.25) is 0 Å². The van der Waals surface area contributed by atoms with Crippen molar-refractivity contribution in [3.05, 3.63) is 42.1 Å². The number of carboxylic acid groups (broad SMARTS) is 1. The van der Waals surface area contributed by atoms with E-state index in [0.29, 0.717) is 31.1 Å². The Labute approximate surface area is 139 Å². The van der Waals surface area contributed by atoms with E-state index in [-0.39, 0.29) is 6.42 Å². The molecule has 0 aliphatic rings. The number of aliphatic carboxylic acids is 1. The predicted octanol–water partition coefficient (Wildman–Crippen LogP) is 2.19. The van der Waals surface area contributed by atoms with Gasteiger partial charge in [0.1, 0.15) is 0 Å². The first-order valence-electron chi connectivity index (χ1n) is 7.48. The molecule has 0 saturated heterocycles. The lowest BCUT2D eigenvalue weighted by molar-refractivity contribution is -0.136. The zero-order chi connectivity index (χ0) is 17.4. The van der Waals surface area contributed by atoms with E-state index in [1.165, 1.54) is 0 Å². The summed E-state index contributed by atoms with van der Waals surface area (Å²) >= 11 is 0. The topological polar surface area (TPSA) is 105 Å². The van der Waals surface area contributed by atoms with Crippen molar-refractivity contribution >= 4 is 23.5 Å². The van der Waals surface area contributed by atoms with Gasteiger partial charge in [0.2, 0.25) is 0 Å². The lowest BCUT2D eigenvalue weighted by Gasteiger charge is -2.07. The highest BCUT2D eigenvalue weighted by Crippen LogP contribution is 2.13. The van der Waals surface area contributed by atoms with Gasteiger partial charge in [-0.25, -0.2) is 4.79 Å². The van der Waals surface area contributed by atoms with Gasteiger partial charge in [0, 0.05) is 31.5 Å². The molecule has 0 radical (unpaired) electrons. The fraction of sp³-hybridized carbons (Fsp3) is 0.312. The number of methoxy groups -OCH3 is 1. The third-order valence-electron chi connectivity index (χ3n) is 3.22. The Kier molecular flexibility index (Phi) is 6.32. The quantitative estimate of drug-likeness (QED) is 0.687. The van der Waals surface area contributed by atoms with Gasteiger partial charge in [-0.1, -0.05) is 12.1 Å². The van der Waals surface area contributed by atoms with Gasteiger partial charge in [-0.2, -0.15) is 5.10 Å². The van der Waals surface area contributed by atoms with Crippen LogP contribution in [0, 0.1) is 0 Å². The highest BCUT2D eigenvalue weighted by atomic mass is 16.5. The number of nitrogens with one attached hydrogen (secondary N) is 2. The van der Waals surface area contributed by atoms with Crippen LogP contribution in [0.5, 0.6) is 0 Å². The summed E-state index contributed by atoms with van der Waals surface area (Å²) in [6, 6.07) is 8.36. The molecule has 2 aromatic rings. The second kappa shape index (κ2) is 8.68. The van der Waals surface area contributed by atoms with Crippen molar-refractivity contribution in [2.75, 3.05) is 24.4 Å². The van der Waals surface area contributed by atoms with E-state index in [1.807, 2.05) is 6.07 Å². The lowest BCUT2D eigenvalue weighted by Crippen LogP contribution is -2.20. The summed E-state index contributed by atoms with van der Waals surface area (Å²) in [5.41, 5.74) is 1.44. The Morgan fingerprint density at radius 1 is 1.29 bits per heavy atom. The molecule has 1 heterocycles. The summed E-state index contributed by atoms with van der Waals surface area (Å²) in [6.45, 7) is 1.14. The van der Waals surface area contributed by atoms with Crippen molar-refractivity contribution in [2.45, 2.75) is 19.4 Å². The molecule has 0 spiro atoms. The maximum Gasteiger partial charge on any atom is 0.324 e. The number of amides is 2. The van der Waals surface area contributed by atoms with Gasteiger partial charge in [0.15, 0.2) is 5.82 Å². The van der Waals surface area contributed by atoms with Crippen LogP contribution in [0.3, 0.4) is 0 Å². The maximum absolute atomic E-state index is 12.0. The first-order chi connectivity index (χ1) is 11.6. The van der Waals surface area contributed by atoms with E-state index in [9.17, 15) is 9.59 Å². The number of rotatable bonds is 8. The molecule has 2 rings (SSSR count). The van der Waals surface area contributed by atoms with E-state index in [1.54, 1.807) is 42.3 Å². The number of carbonyl (C=O) groups excluding carboxylic acids is 1. The molecule has 128 valence electrons. The monoisotopic (exact) mass is 332 g/mol. The van der Waals surface area contributed by atoms with Gasteiger partial charge >= 0.3 is 12.0 Å². The second-order valence-corrected chi connectivity index (χ2v) is 5.13. The number of ether oxygens (including phenoxy) is 1. The Hall–Kier alpha value is -2.87. The minimum atomic E-state index is -0.852. The number of aryl methyl sites for hydroxylation is 1. The average Bonchev–Trinajstić information content (AvgIpc) is 2.98. The Morgan fingerprint density at radius 3 is 2.88 bits per heavy atom. The minimum Gasteiger partial charge on any atom is -0.481 e. The molecule has 1 aromatic heterocycles. The largest absolute Gasteiger partial charge is 0.481 e. The Bertz CT molecular complexity index is 699. The number of hydrogen-bond acceptors (Lipinski definition) is 4. The molecule has 8 nitrogen and oxygen atoms in total. The summed E-state index contributed by atoms with van der Waals surface area (Å²) in [5.74, 6) is -0.416. The smallest absolute Gasteiger partial charge is 0.324 e. The third kappa shape index (κ3) is 5.73. The van der Waals surface area contributed by atoms with Crippen LogP contribution >= 0.6 is 0 Å². The first-order valence-corrected chi connectivity index (χ1v) is 7.48. The van der Waals surface area contributed by atoms with Crippen LogP contribution in [0.25, 0.3) is 0 Å². The number of benzene rings is 1. The average molecular weight is 332 g/mol. The van der Waals surface area contributed by atoms with E-state index in [2.05, 4.69) is 15.7 Å². The zero-order valence-corrected chi connectivity index (χ0v) is 13.4. The molecule has 0 atom stereocenters. The molecule has 0 fully saturated rings. The summed E-state index contributed by atoms with van der Waals surface area (Å²) in [6.07, 6.45) is 2.21. The predicted molar refractivity (Wildman–Crippen MR) is 89.1 cm³/mol. The van der Waals surface area contributed by atoms with Crippen molar-refractivity contribution in [2.24, 2.45) is 0 Å². The van der Waals surface area contributed by atoms with Crippen molar-refractivity contribution in [1.82, 2.24) is 9.78 Å². The molecule has 2 amide bonds. The zero-order valence-electron chi connectivity index (χ0n) is 13.4. The molecule has 3 N–H and O–H groups in total. The summed E-state index contributed by atoms with van der Waals surface area (Å²) in [4.78, 5) is 22.6. The number of carboxylic acids is 1. The number of carbonyl (C=O) groups is 2. The number of aromatic nitrogens is 2. The fourth-order valence-electron chi connectivity index (χ4n) is 2.07. The van der Waals surface area contributed by atoms with Crippen molar-refractivity contribution in [3.8, 4) is 0 Å². The van der Waals surface area contributed by atoms with Crippen molar-refractivity contribution < 1.29 is 19.4 Å². The van der Waals surface area contributed by atoms with Gasteiger partial charge in [0.25, 0.3) is 0 Å². The van der Waals surface area contributed by atoms with Gasteiger partial charge in [-0.05, 0) is 24.1 Å². The van der Waals surface area contributed by atoms with Gasteiger partial charge < -0.3 is 15.2 Å². The minimum absolute atomic E-state index is 0.0502.